The second-order valence-electron chi connectivity index (χ2n) is 5.43. The molecule has 1 amide bonds. The molecule has 5 nitrogen and oxygen atoms in total. The molecule has 20 heavy (non-hydrogen) atoms. The molecule has 1 aromatic heterocycles. The first-order valence-electron chi connectivity index (χ1n) is 6.42. The summed E-state index contributed by atoms with van der Waals surface area (Å²) in [5, 5.41) is 11.8. The van der Waals surface area contributed by atoms with Crippen LogP contribution < -0.4 is 5.32 Å². The summed E-state index contributed by atoms with van der Waals surface area (Å²) in [6, 6.07) is 3.17. The molecule has 0 fully saturated rings. The summed E-state index contributed by atoms with van der Waals surface area (Å²) in [5.41, 5.74) is 0.335. The standard InChI is InChI=1S/C14H19ClN2O3/c1-14(2,6-5-12(18)19)7-8-16-13(20)10-3-4-11(15)17-9-10/h3-4,9H,5-8H2,1-2H3,(H,16,20)(H,18,19). The Bertz CT molecular complexity index is 472. The van der Waals surface area contributed by atoms with Gasteiger partial charge in [-0.25, -0.2) is 4.98 Å². The van der Waals surface area contributed by atoms with Crippen molar-refractivity contribution in [2.75, 3.05) is 6.54 Å². The Balaban J connectivity index is 2.38. The lowest BCUT2D eigenvalue weighted by Crippen LogP contribution is -2.28. The fraction of sp³-hybridized carbons (Fsp3) is 0.500. The Kier molecular flexibility index (Phi) is 5.95. The number of pyridine rings is 1. The molecule has 0 aliphatic carbocycles. The summed E-state index contributed by atoms with van der Waals surface area (Å²) in [7, 11) is 0. The lowest BCUT2D eigenvalue weighted by Gasteiger charge is -2.23. The van der Waals surface area contributed by atoms with Gasteiger partial charge < -0.3 is 10.4 Å². The van der Waals surface area contributed by atoms with Gasteiger partial charge in [-0.15, -0.1) is 0 Å². The first-order chi connectivity index (χ1) is 9.30. The van der Waals surface area contributed by atoms with Crippen molar-refractivity contribution in [3.05, 3.63) is 29.0 Å². The zero-order valence-corrected chi connectivity index (χ0v) is 12.4. The third kappa shape index (κ3) is 6.02. The minimum Gasteiger partial charge on any atom is -0.481 e. The number of carboxylic acids is 1. The molecule has 2 N–H and O–H groups in total. The fourth-order valence-electron chi connectivity index (χ4n) is 1.70. The third-order valence-electron chi connectivity index (χ3n) is 3.09. The van der Waals surface area contributed by atoms with Crippen LogP contribution in [-0.2, 0) is 4.79 Å². The Morgan fingerprint density at radius 2 is 2.05 bits per heavy atom. The molecule has 1 heterocycles. The van der Waals surface area contributed by atoms with E-state index in [9.17, 15) is 9.59 Å². The number of aromatic nitrogens is 1. The van der Waals surface area contributed by atoms with Gasteiger partial charge in [0.25, 0.3) is 5.91 Å². The van der Waals surface area contributed by atoms with E-state index in [4.69, 9.17) is 16.7 Å². The number of carbonyl (C=O) groups excluding carboxylic acids is 1. The minimum atomic E-state index is -0.797. The van der Waals surface area contributed by atoms with Crippen molar-refractivity contribution in [1.82, 2.24) is 10.3 Å². The molecule has 1 rings (SSSR count). The van der Waals surface area contributed by atoms with E-state index in [1.54, 1.807) is 12.1 Å². The molecule has 0 spiro atoms. The van der Waals surface area contributed by atoms with Crippen molar-refractivity contribution in [3.8, 4) is 0 Å². The molecule has 0 unspecified atom stereocenters. The van der Waals surface area contributed by atoms with Gasteiger partial charge in [-0.05, 0) is 30.4 Å². The molecule has 0 saturated heterocycles. The van der Waals surface area contributed by atoms with Gasteiger partial charge in [-0.1, -0.05) is 25.4 Å². The zero-order valence-electron chi connectivity index (χ0n) is 11.6. The monoisotopic (exact) mass is 298 g/mol. The lowest BCUT2D eigenvalue weighted by atomic mass is 9.84. The maximum atomic E-state index is 11.8. The normalized spacial score (nSPS) is 11.2. The second kappa shape index (κ2) is 7.24. The van der Waals surface area contributed by atoms with Crippen molar-refractivity contribution in [1.29, 1.82) is 0 Å². The Labute approximate surface area is 123 Å². The van der Waals surface area contributed by atoms with E-state index in [-0.39, 0.29) is 17.7 Å². The van der Waals surface area contributed by atoms with Gasteiger partial charge in [0.05, 0.1) is 5.56 Å². The molecule has 0 aliphatic rings. The SMILES string of the molecule is CC(C)(CCNC(=O)c1ccc(Cl)nc1)CCC(=O)O. The highest BCUT2D eigenvalue weighted by molar-refractivity contribution is 6.29. The van der Waals surface area contributed by atoms with E-state index < -0.39 is 5.97 Å². The van der Waals surface area contributed by atoms with Gasteiger partial charge in [0, 0.05) is 19.2 Å². The van der Waals surface area contributed by atoms with E-state index in [2.05, 4.69) is 10.3 Å². The molecular weight excluding hydrogens is 280 g/mol. The molecule has 0 aromatic carbocycles. The first-order valence-corrected chi connectivity index (χ1v) is 6.79. The number of halogens is 1. The smallest absolute Gasteiger partial charge is 0.303 e. The van der Waals surface area contributed by atoms with Crippen LogP contribution in [0.4, 0.5) is 0 Å². The van der Waals surface area contributed by atoms with Gasteiger partial charge >= 0.3 is 5.97 Å². The van der Waals surface area contributed by atoms with E-state index in [0.29, 0.717) is 30.1 Å². The number of aliphatic carboxylic acids is 1. The number of carboxylic acid groups (broad SMARTS) is 1. The first kappa shape index (κ1) is 16.4. The predicted octanol–water partition coefficient (Wildman–Crippen LogP) is 2.75. The highest BCUT2D eigenvalue weighted by Gasteiger charge is 2.19. The van der Waals surface area contributed by atoms with Crippen LogP contribution in [0.2, 0.25) is 5.15 Å². The average Bonchev–Trinajstić information content (AvgIpc) is 2.37. The molecule has 110 valence electrons. The van der Waals surface area contributed by atoms with Crippen molar-refractivity contribution in [2.45, 2.75) is 33.1 Å². The van der Waals surface area contributed by atoms with Crippen molar-refractivity contribution < 1.29 is 14.7 Å². The molecule has 6 heteroatoms. The molecular formula is C14H19ClN2O3. The summed E-state index contributed by atoms with van der Waals surface area (Å²) in [5.74, 6) is -1.00. The minimum absolute atomic E-state index is 0.121. The molecule has 0 radical (unpaired) electrons. The van der Waals surface area contributed by atoms with Crippen LogP contribution in [0.5, 0.6) is 0 Å². The largest absolute Gasteiger partial charge is 0.481 e. The highest BCUT2D eigenvalue weighted by Crippen LogP contribution is 2.26. The van der Waals surface area contributed by atoms with Crippen molar-refractivity contribution in [3.63, 3.8) is 0 Å². The van der Waals surface area contributed by atoms with Gasteiger partial charge in [0.15, 0.2) is 0 Å². The summed E-state index contributed by atoms with van der Waals surface area (Å²) in [4.78, 5) is 26.2. The van der Waals surface area contributed by atoms with E-state index >= 15 is 0 Å². The average molecular weight is 299 g/mol. The van der Waals surface area contributed by atoms with Crippen LogP contribution in [0.1, 0.15) is 43.5 Å². The van der Waals surface area contributed by atoms with Crippen LogP contribution in [0.25, 0.3) is 0 Å². The fourth-order valence-corrected chi connectivity index (χ4v) is 1.81. The number of amides is 1. The van der Waals surface area contributed by atoms with Crippen molar-refractivity contribution >= 4 is 23.5 Å². The van der Waals surface area contributed by atoms with Gasteiger partial charge in [0.1, 0.15) is 5.15 Å². The predicted molar refractivity (Wildman–Crippen MR) is 76.8 cm³/mol. The second-order valence-corrected chi connectivity index (χ2v) is 5.82. The van der Waals surface area contributed by atoms with E-state index in [1.165, 1.54) is 6.20 Å². The van der Waals surface area contributed by atoms with E-state index in [1.807, 2.05) is 13.8 Å². The molecule has 1 aromatic rings. The van der Waals surface area contributed by atoms with E-state index in [0.717, 1.165) is 0 Å². The van der Waals surface area contributed by atoms with Crippen LogP contribution in [0.3, 0.4) is 0 Å². The van der Waals surface area contributed by atoms with Gasteiger partial charge in [-0.2, -0.15) is 0 Å². The van der Waals surface area contributed by atoms with Crippen LogP contribution in [0, 0.1) is 5.41 Å². The highest BCUT2D eigenvalue weighted by atomic mass is 35.5. The Morgan fingerprint density at radius 3 is 2.60 bits per heavy atom. The number of hydrogen-bond donors (Lipinski definition) is 2. The van der Waals surface area contributed by atoms with Crippen LogP contribution >= 0.6 is 11.6 Å². The molecule has 0 aliphatic heterocycles. The number of hydrogen-bond acceptors (Lipinski definition) is 3. The maximum absolute atomic E-state index is 11.8. The molecule has 0 bridgehead atoms. The van der Waals surface area contributed by atoms with Gasteiger partial charge in [0.2, 0.25) is 0 Å². The zero-order chi connectivity index (χ0) is 15.2. The Hall–Kier alpha value is -1.62. The van der Waals surface area contributed by atoms with Crippen LogP contribution in [-0.4, -0.2) is 28.5 Å². The number of carbonyl (C=O) groups is 2. The quantitative estimate of drug-likeness (QED) is 0.759. The number of nitrogens with one attached hydrogen (secondary N) is 1. The van der Waals surface area contributed by atoms with Crippen molar-refractivity contribution in [2.24, 2.45) is 5.41 Å². The summed E-state index contributed by atoms with van der Waals surface area (Å²) >= 11 is 5.65. The molecule has 0 saturated carbocycles. The summed E-state index contributed by atoms with van der Waals surface area (Å²) in [6.45, 7) is 4.48. The molecule has 0 atom stereocenters. The summed E-state index contributed by atoms with van der Waals surface area (Å²) < 4.78 is 0. The topological polar surface area (TPSA) is 79.3 Å². The maximum Gasteiger partial charge on any atom is 0.303 e. The summed E-state index contributed by atoms with van der Waals surface area (Å²) in [6.07, 6.45) is 2.86. The third-order valence-corrected chi connectivity index (χ3v) is 3.32. The Morgan fingerprint density at radius 1 is 1.35 bits per heavy atom. The number of rotatable bonds is 7. The lowest BCUT2D eigenvalue weighted by molar-refractivity contribution is -0.137. The van der Waals surface area contributed by atoms with Crippen LogP contribution in [0.15, 0.2) is 18.3 Å². The van der Waals surface area contributed by atoms with Gasteiger partial charge in [-0.3, -0.25) is 9.59 Å². The number of nitrogens with zero attached hydrogens (tertiary/aromatic N) is 1.